The molecule has 0 atom stereocenters. The molecule has 96 valence electrons. The average Bonchev–Trinajstić information content (AvgIpc) is 2.63. The summed E-state index contributed by atoms with van der Waals surface area (Å²) in [5.41, 5.74) is 2.61. The van der Waals surface area contributed by atoms with Crippen LogP contribution in [0.2, 0.25) is 0 Å². The summed E-state index contributed by atoms with van der Waals surface area (Å²) in [6.45, 7) is 6.70. The van der Waals surface area contributed by atoms with Crippen molar-refractivity contribution in [1.29, 1.82) is 0 Å². The molecule has 1 aromatic carbocycles. The lowest BCUT2D eigenvalue weighted by molar-refractivity contribution is 0.446. The highest BCUT2D eigenvalue weighted by Crippen LogP contribution is 2.11. The van der Waals surface area contributed by atoms with Gasteiger partial charge in [-0.15, -0.1) is 0 Å². The minimum atomic E-state index is -0.187. The number of aryl methyl sites for hydroxylation is 3. The van der Waals surface area contributed by atoms with Gasteiger partial charge in [-0.3, -0.25) is 0 Å². The standard InChI is InChI=1S/C14H17FN2O/c1-9-4-5-13(15)12(6-9)7-16-8-14-17-10(2)11(3)18-14/h4-6,16H,7-8H2,1-3H3. The second-order valence-electron chi connectivity index (χ2n) is 4.45. The maximum Gasteiger partial charge on any atom is 0.208 e. The Morgan fingerprint density at radius 1 is 1.22 bits per heavy atom. The first-order valence-corrected chi connectivity index (χ1v) is 5.95. The Labute approximate surface area is 106 Å². The van der Waals surface area contributed by atoms with Gasteiger partial charge in [-0.2, -0.15) is 0 Å². The van der Waals surface area contributed by atoms with Gasteiger partial charge in [-0.25, -0.2) is 9.37 Å². The van der Waals surface area contributed by atoms with E-state index in [0.717, 1.165) is 17.0 Å². The number of oxazole rings is 1. The summed E-state index contributed by atoms with van der Waals surface area (Å²) in [4.78, 5) is 4.26. The van der Waals surface area contributed by atoms with E-state index in [2.05, 4.69) is 10.3 Å². The van der Waals surface area contributed by atoms with Crippen molar-refractivity contribution in [3.8, 4) is 0 Å². The van der Waals surface area contributed by atoms with E-state index in [-0.39, 0.29) is 5.82 Å². The molecule has 0 saturated carbocycles. The zero-order valence-corrected chi connectivity index (χ0v) is 10.9. The molecule has 18 heavy (non-hydrogen) atoms. The van der Waals surface area contributed by atoms with Gasteiger partial charge in [0.05, 0.1) is 12.2 Å². The molecule has 0 aliphatic rings. The largest absolute Gasteiger partial charge is 0.444 e. The van der Waals surface area contributed by atoms with Crippen molar-refractivity contribution in [3.63, 3.8) is 0 Å². The third-order valence-electron chi connectivity index (χ3n) is 2.87. The first-order valence-electron chi connectivity index (χ1n) is 5.95. The summed E-state index contributed by atoms with van der Waals surface area (Å²) in [7, 11) is 0. The molecule has 2 rings (SSSR count). The molecule has 2 aromatic rings. The lowest BCUT2D eigenvalue weighted by atomic mass is 10.1. The highest BCUT2D eigenvalue weighted by Gasteiger charge is 2.06. The number of hydrogen-bond acceptors (Lipinski definition) is 3. The van der Waals surface area contributed by atoms with E-state index in [0.29, 0.717) is 24.5 Å². The Hall–Kier alpha value is -1.68. The normalized spacial score (nSPS) is 10.9. The molecule has 0 fully saturated rings. The van der Waals surface area contributed by atoms with Gasteiger partial charge >= 0.3 is 0 Å². The Morgan fingerprint density at radius 2 is 2.00 bits per heavy atom. The van der Waals surface area contributed by atoms with Crippen molar-refractivity contribution < 1.29 is 8.81 Å². The fraction of sp³-hybridized carbons (Fsp3) is 0.357. The van der Waals surface area contributed by atoms with Crippen LogP contribution in [0, 0.1) is 26.6 Å². The summed E-state index contributed by atoms with van der Waals surface area (Å²) in [5.74, 6) is 1.28. The Kier molecular flexibility index (Phi) is 3.77. The Bertz CT molecular complexity index is 529. The van der Waals surface area contributed by atoms with E-state index >= 15 is 0 Å². The molecular weight excluding hydrogens is 231 g/mol. The third-order valence-corrected chi connectivity index (χ3v) is 2.87. The van der Waals surface area contributed by atoms with Gasteiger partial charge in [0.15, 0.2) is 0 Å². The molecule has 0 bridgehead atoms. The van der Waals surface area contributed by atoms with E-state index in [1.165, 1.54) is 6.07 Å². The first kappa shape index (κ1) is 12.8. The number of nitrogens with one attached hydrogen (secondary N) is 1. The molecule has 4 heteroatoms. The zero-order valence-electron chi connectivity index (χ0n) is 10.9. The number of hydrogen-bond donors (Lipinski definition) is 1. The van der Waals surface area contributed by atoms with Crippen LogP contribution in [0.15, 0.2) is 22.6 Å². The maximum atomic E-state index is 13.5. The second kappa shape index (κ2) is 5.31. The molecule has 1 heterocycles. The molecule has 0 saturated heterocycles. The van der Waals surface area contributed by atoms with Gasteiger partial charge in [0.2, 0.25) is 5.89 Å². The van der Waals surface area contributed by atoms with Crippen LogP contribution >= 0.6 is 0 Å². The minimum Gasteiger partial charge on any atom is -0.444 e. The van der Waals surface area contributed by atoms with Crippen molar-refractivity contribution in [3.05, 3.63) is 52.5 Å². The van der Waals surface area contributed by atoms with Gasteiger partial charge in [0.25, 0.3) is 0 Å². The number of nitrogens with zero attached hydrogens (tertiary/aromatic N) is 1. The summed E-state index contributed by atoms with van der Waals surface area (Å²) in [6.07, 6.45) is 0. The van der Waals surface area contributed by atoms with Crippen molar-refractivity contribution >= 4 is 0 Å². The number of halogens is 1. The summed E-state index contributed by atoms with van der Waals surface area (Å²) in [6, 6.07) is 5.10. The van der Waals surface area contributed by atoms with Crippen molar-refractivity contribution in [2.45, 2.75) is 33.9 Å². The van der Waals surface area contributed by atoms with Crippen LogP contribution in [0.25, 0.3) is 0 Å². The molecule has 0 aliphatic heterocycles. The molecule has 0 spiro atoms. The maximum absolute atomic E-state index is 13.5. The fourth-order valence-corrected chi connectivity index (χ4v) is 1.76. The highest BCUT2D eigenvalue weighted by atomic mass is 19.1. The molecule has 3 nitrogen and oxygen atoms in total. The van der Waals surface area contributed by atoms with Crippen molar-refractivity contribution in [2.24, 2.45) is 0 Å². The second-order valence-corrected chi connectivity index (χ2v) is 4.45. The fourth-order valence-electron chi connectivity index (χ4n) is 1.76. The third kappa shape index (κ3) is 2.96. The first-order chi connectivity index (χ1) is 8.56. The summed E-state index contributed by atoms with van der Waals surface area (Å²) in [5, 5.41) is 3.13. The van der Waals surface area contributed by atoms with Crippen LogP contribution < -0.4 is 5.32 Å². The van der Waals surface area contributed by atoms with E-state index in [1.54, 1.807) is 6.07 Å². The predicted molar refractivity (Wildman–Crippen MR) is 67.7 cm³/mol. The van der Waals surface area contributed by atoms with E-state index in [4.69, 9.17) is 4.42 Å². The number of rotatable bonds is 4. The number of benzene rings is 1. The van der Waals surface area contributed by atoms with Crippen LogP contribution in [0.5, 0.6) is 0 Å². The molecule has 0 amide bonds. The van der Waals surface area contributed by atoms with Gasteiger partial charge in [0, 0.05) is 12.1 Å². The van der Waals surface area contributed by atoms with Crippen molar-refractivity contribution in [2.75, 3.05) is 0 Å². The molecule has 1 aromatic heterocycles. The summed E-state index contributed by atoms with van der Waals surface area (Å²) >= 11 is 0. The van der Waals surface area contributed by atoms with Gasteiger partial charge in [-0.1, -0.05) is 17.7 Å². The number of aromatic nitrogens is 1. The van der Waals surface area contributed by atoms with Crippen LogP contribution in [0.3, 0.4) is 0 Å². The van der Waals surface area contributed by atoms with Crippen LogP contribution in [-0.4, -0.2) is 4.98 Å². The SMILES string of the molecule is Cc1ccc(F)c(CNCc2nc(C)c(C)o2)c1. The molecule has 0 radical (unpaired) electrons. The molecule has 0 aliphatic carbocycles. The van der Waals surface area contributed by atoms with E-state index < -0.39 is 0 Å². The lowest BCUT2D eigenvalue weighted by Crippen LogP contribution is -2.14. The van der Waals surface area contributed by atoms with Crippen molar-refractivity contribution in [1.82, 2.24) is 10.3 Å². The smallest absolute Gasteiger partial charge is 0.208 e. The highest BCUT2D eigenvalue weighted by molar-refractivity contribution is 5.23. The van der Waals surface area contributed by atoms with Gasteiger partial charge in [0.1, 0.15) is 11.6 Å². The lowest BCUT2D eigenvalue weighted by Gasteiger charge is -2.05. The predicted octanol–water partition coefficient (Wildman–Crippen LogP) is 3.03. The van der Waals surface area contributed by atoms with Crippen LogP contribution in [0.1, 0.15) is 28.5 Å². The Balaban J connectivity index is 1.94. The monoisotopic (exact) mass is 248 g/mol. The van der Waals surface area contributed by atoms with Gasteiger partial charge in [-0.05, 0) is 26.8 Å². The van der Waals surface area contributed by atoms with E-state index in [1.807, 2.05) is 26.8 Å². The zero-order chi connectivity index (χ0) is 13.1. The van der Waals surface area contributed by atoms with E-state index in [9.17, 15) is 4.39 Å². The van der Waals surface area contributed by atoms with Gasteiger partial charge < -0.3 is 9.73 Å². The van der Waals surface area contributed by atoms with Crippen LogP contribution in [0.4, 0.5) is 4.39 Å². The van der Waals surface area contributed by atoms with Crippen LogP contribution in [-0.2, 0) is 13.1 Å². The quantitative estimate of drug-likeness (QED) is 0.903. The Morgan fingerprint density at radius 3 is 2.67 bits per heavy atom. The average molecular weight is 248 g/mol. The molecule has 1 N–H and O–H groups in total. The molecule has 0 unspecified atom stereocenters. The minimum absolute atomic E-state index is 0.187. The topological polar surface area (TPSA) is 38.1 Å². The molecular formula is C14H17FN2O. The summed E-state index contributed by atoms with van der Waals surface area (Å²) < 4.78 is 18.9.